The monoisotopic (exact) mass is 332 g/mol. The molecule has 86 valence electrons. The van der Waals surface area contributed by atoms with Crippen molar-refractivity contribution in [2.24, 2.45) is 0 Å². The van der Waals surface area contributed by atoms with E-state index in [2.05, 4.69) is 22.6 Å². The first-order valence-electron chi connectivity index (χ1n) is 5.01. The van der Waals surface area contributed by atoms with Gasteiger partial charge in [-0.15, -0.1) is 0 Å². The molecule has 0 bridgehead atoms. The Morgan fingerprint density at radius 2 is 2.38 bits per heavy atom. The normalized spacial score (nSPS) is 20.0. The second-order valence-corrected chi connectivity index (χ2v) is 5.06. The number of hydrogen-bond acceptors (Lipinski definition) is 3. The maximum atomic E-state index is 11.2. The topological polar surface area (TPSA) is 55.6 Å². The van der Waals surface area contributed by atoms with Crippen LogP contribution in [0.5, 0.6) is 0 Å². The Hall–Kier alpha value is -0.980. The molecule has 1 amide bonds. The number of hydrogen-bond donors (Lipinski definition) is 1. The first kappa shape index (κ1) is 11.5. The van der Waals surface area contributed by atoms with Gasteiger partial charge in [0.05, 0.1) is 6.04 Å². The van der Waals surface area contributed by atoms with Crippen LogP contribution in [0, 0.1) is 3.57 Å². The summed E-state index contributed by atoms with van der Waals surface area (Å²) in [5.41, 5.74) is 7.71. The van der Waals surface area contributed by atoms with E-state index in [4.69, 9.17) is 10.5 Å². The summed E-state index contributed by atoms with van der Waals surface area (Å²) in [5, 5.41) is 0. The van der Waals surface area contributed by atoms with E-state index in [1.54, 1.807) is 11.9 Å². The van der Waals surface area contributed by atoms with Gasteiger partial charge >= 0.3 is 6.09 Å². The molecule has 2 rings (SSSR count). The molecule has 1 atom stereocenters. The Bertz CT molecular complexity index is 422. The van der Waals surface area contributed by atoms with E-state index in [0.29, 0.717) is 6.61 Å². The molecule has 0 spiro atoms. The number of carbonyl (C=O) groups excluding carboxylic acids is 1. The molecule has 1 aromatic carbocycles. The quantitative estimate of drug-likeness (QED) is 0.664. The third kappa shape index (κ3) is 2.23. The van der Waals surface area contributed by atoms with Crippen molar-refractivity contribution in [2.45, 2.75) is 12.5 Å². The number of nitrogens with zero attached hydrogens (tertiary/aromatic N) is 1. The number of anilines is 1. The Labute approximate surface area is 108 Å². The van der Waals surface area contributed by atoms with Crippen molar-refractivity contribution < 1.29 is 9.53 Å². The second-order valence-electron chi connectivity index (χ2n) is 3.90. The lowest BCUT2D eigenvalue weighted by molar-refractivity contribution is 0.163. The maximum absolute atomic E-state index is 11.2. The van der Waals surface area contributed by atoms with Gasteiger partial charge in [0.25, 0.3) is 0 Å². The Kier molecular flexibility index (Phi) is 3.22. The average molecular weight is 332 g/mol. The fourth-order valence-corrected chi connectivity index (χ4v) is 2.28. The van der Waals surface area contributed by atoms with Crippen LogP contribution in [-0.2, 0) is 11.2 Å². The number of cyclic esters (lactones) is 1. The van der Waals surface area contributed by atoms with Gasteiger partial charge in [-0.1, -0.05) is 6.07 Å². The molecule has 16 heavy (non-hydrogen) atoms. The van der Waals surface area contributed by atoms with Gasteiger partial charge in [-0.2, -0.15) is 0 Å². The van der Waals surface area contributed by atoms with Crippen molar-refractivity contribution in [1.82, 2.24) is 4.90 Å². The average Bonchev–Trinajstić information content (AvgIpc) is 2.55. The van der Waals surface area contributed by atoms with E-state index < -0.39 is 0 Å². The Morgan fingerprint density at radius 3 is 2.94 bits per heavy atom. The van der Waals surface area contributed by atoms with E-state index in [1.807, 2.05) is 18.2 Å². The van der Waals surface area contributed by atoms with Crippen molar-refractivity contribution in [3.05, 3.63) is 27.3 Å². The van der Waals surface area contributed by atoms with Gasteiger partial charge in [-0.3, -0.25) is 0 Å². The van der Waals surface area contributed by atoms with Crippen LogP contribution >= 0.6 is 22.6 Å². The molecule has 4 nitrogen and oxygen atoms in total. The lowest BCUT2D eigenvalue weighted by atomic mass is 10.1. The summed E-state index contributed by atoms with van der Waals surface area (Å²) in [6.45, 7) is 0.469. The van der Waals surface area contributed by atoms with E-state index in [9.17, 15) is 4.79 Å². The SMILES string of the molecule is CN1C(=O)OC[C@@H]1Cc1ccc(N)c(I)c1. The van der Waals surface area contributed by atoms with Crippen LogP contribution in [0.1, 0.15) is 5.56 Å². The number of amides is 1. The predicted molar refractivity (Wildman–Crippen MR) is 70.2 cm³/mol. The summed E-state index contributed by atoms with van der Waals surface area (Å²) in [6, 6.07) is 6.07. The minimum absolute atomic E-state index is 0.131. The summed E-state index contributed by atoms with van der Waals surface area (Å²) in [6.07, 6.45) is 0.563. The van der Waals surface area contributed by atoms with E-state index in [1.165, 1.54) is 5.56 Å². The highest BCUT2D eigenvalue weighted by Gasteiger charge is 2.29. The van der Waals surface area contributed by atoms with Gasteiger partial charge < -0.3 is 15.4 Å². The number of nitrogen functional groups attached to an aromatic ring is 1. The highest BCUT2D eigenvalue weighted by molar-refractivity contribution is 14.1. The summed E-state index contributed by atoms with van der Waals surface area (Å²) >= 11 is 2.21. The van der Waals surface area contributed by atoms with Crippen molar-refractivity contribution in [3.8, 4) is 0 Å². The summed E-state index contributed by atoms with van der Waals surface area (Å²) < 4.78 is 6.01. The van der Waals surface area contributed by atoms with E-state index in [-0.39, 0.29) is 12.1 Å². The molecule has 0 radical (unpaired) electrons. The van der Waals surface area contributed by atoms with Gasteiger partial charge in [0.2, 0.25) is 0 Å². The molecule has 2 N–H and O–H groups in total. The standard InChI is InChI=1S/C11H13IN2O2/c1-14-8(6-16-11(14)15)4-7-2-3-10(13)9(12)5-7/h2-3,5,8H,4,6,13H2,1H3/t8-/m0/s1. The highest BCUT2D eigenvalue weighted by atomic mass is 127. The molecular formula is C11H13IN2O2. The van der Waals surface area contributed by atoms with Crippen LogP contribution in [0.25, 0.3) is 0 Å². The number of halogens is 1. The van der Waals surface area contributed by atoms with Crippen LogP contribution in [0.4, 0.5) is 10.5 Å². The zero-order valence-electron chi connectivity index (χ0n) is 8.94. The van der Waals surface area contributed by atoms with Crippen molar-refractivity contribution >= 4 is 34.4 Å². The van der Waals surface area contributed by atoms with Crippen LogP contribution < -0.4 is 5.73 Å². The number of likely N-dealkylation sites (N-methyl/N-ethyl adjacent to an activating group) is 1. The number of carbonyl (C=O) groups is 1. The number of nitrogens with two attached hydrogens (primary N) is 1. The zero-order valence-corrected chi connectivity index (χ0v) is 11.1. The Morgan fingerprint density at radius 1 is 1.62 bits per heavy atom. The smallest absolute Gasteiger partial charge is 0.409 e. The molecule has 1 saturated heterocycles. The summed E-state index contributed by atoms with van der Waals surface area (Å²) in [5.74, 6) is 0. The first-order chi connectivity index (χ1) is 7.58. The molecule has 1 heterocycles. The molecule has 1 aromatic rings. The second kappa shape index (κ2) is 4.48. The van der Waals surface area contributed by atoms with Gasteiger partial charge in [-0.25, -0.2) is 4.79 Å². The first-order valence-corrected chi connectivity index (χ1v) is 6.09. The highest BCUT2D eigenvalue weighted by Crippen LogP contribution is 2.20. The molecule has 0 saturated carbocycles. The minimum Gasteiger partial charge on any atom is -0.447 e. The number of ether oxygens (including phenoxy) is 1. The van der Waals surface area contributed by atoms with Crippen LogP contribution in [0.2, 0.25) is 0 Å². The van der Waals surface area contributed by atoms with Crippen LogP contribution in [-0.4, -0.2) is 30.7 Å². The molecular weight excluding hydrogens is 319 g/mol. The molecule has 0 unspecified atom stereocenters. The largest absolute Gasteiger partial charge is 0.447 e. The molecule has 0 aliphatic carbocycles. The van der Waals surface area contributed by atoms with Crippen molar-refractivity contribution in [1.29, 1.82) is 0 Å². The van der Waals surface area contributed by atoms with Gasteiger partial charge in [0, 0.05) is 16.3 Å². The third-order valence-electron chi connectivity index (χ3n) is 2.77. The maximum Gasteiger partial charge on any atom is 0.409 e. The van der Waals surface area contributed by atoms with Crippen molar-refractivity contribution in [3.63, 3.8) is 0 Å². The minimum atomic E-state index is -0.241. The van der Waals surface area contributed by atoms with Gasteiger partial charge in [0.15, 0.2) is 0 Å². The van der Waals surface area contributed by atoms with E-state index in [0.717, 1.165) is 15.7 Å². The number of rotatable bonds is 2. The predicted octanol–water partition coefficient (Wildman–Crippen LogP) is 1.87. The van der Waals surface area contributed by atoms with Crippen molar-refractivity contribution in [2.75, 3.05) is 19.4 Å². The third-order valence-corrected chi connectivity index (χ3v) is 3.71. The summed E-state index contributed by atoms with van der Waals surface area (Å²) in [4.78, 5) is 12.8. The molecule has 1 fully saturated rings. The van der Waals surface area contributed by atoms with E-state index >= 15 is 0 Å². The molecule has 1 aliphatic heterocycles. The van der Waals surface area contributed by atoms with Crippen LogP contribution in [0.3, 0.4) is 0 Å². The van der Waals surface area contributed by atoms with Gasteiger partial charge in [0.1, 0.15) is 6.61 Å². The zero-order chi connectivity index (χ0) is 11.7. The number of benzene rings is 1. The molecule has 1 aliphatic rings. The molecule has 5 heteroatoms. The lowest BCUT2D eigenvalue weighted by Crippen LogP contribution is -2.31. The fraction of sp³-hybridized carbons (Fsp3) is 0.364. The summed E-state index contributed by atoms with van der Waals surface area (Å²) in [7, 11) is 1.77. The van der Waals surface area contributed by atoms with Gasteiger partial charge in [-0.05, 0) is 46.7 Å². The Balaban J connectivity index is 2.09. The molecule has 0 aromatic heterocycles. The van der Waals surface area contributed by atoms with Crippen LogP contribution in [0.15, 0.2) is 18.2 Å². The fourth-order valence-electron chi connectivity index (χ4n) is 1.70. The lowest BCUT2D eigenvalue weighted by Gasteiger charge is -2.16.